The van der Waals surface area contributed by atoms with E-state index in [4.69, 9.17) is 39.5 Å². The van der Waals surface area contributed by atoms with Crippen LogP contribution in [0.25, 0.3) is 0 Å². The van der Waals surface area contributed by atoms with E-state index in [0.29, 0.717) is 28.7 Å². The molecule has 0 aromatic heterocycles. The van der Waals surface area contributed by atoms with E-state index in [0.717, 1.165) is 25.7 Å². The Kier molecular flexibility index (Phi) is 7.46. The maximum absolute atomic E-state index is 13.1. The molecule has 0 radical (unpaired) electrons. The lowest BCUT2D eigenvalue weighted by Gasteiger charge is -2.21. The molecule has 5 nitrogen and oxygen atoms in total. The van der Waals surface area contributed by atoms with Crippen LogP contribution in [0.1, 0.15) is 41.6 Å². The highest BCUT2D eigenvalue weighted by molar-refractivity contribution is 7.89. The van der Waals surface area contributed by atoms with Gasteiger partial charge in [0.05, 0.1) is 10.6 Å². The van der Waals surface area contributed by atoms with Crippen molar-refractivity contribution in [2.75, 3.05) is 13.1 Å². The van der Waals surface area contributed by atoms with Gasteiger partial charge < -0.3 is 4.74 Å². The lowest BCUT2D eigenvalue weighted by Crippen LogP contribution is -2.32. The van der Waals surface area contributed by atoms with Gasteiger partial charge in [-0.15, -0.1) is 0 Å². The van der Waals surface area contributed by atoms with E-state index in [-0.39, 0.29) is 22.1 Å². The van der Waals surface area contributed by atoms with Gasteiger partial charge >= 0.3 is 5.97 Å². The number of ether oxygens (including phenoxy) is 1. The largest absolute Gasteiger partial charge is 0.457 e. The van der Waals surface area contributed by atoms with Gasteiger partial charge in [0, 0.05) is 28.7 Å². The fourth-order valence-electron chi connectivity index (χ4n) is 3.14. The van der Waals surface area contributed by atoms with Gasteiger partial charge in [0.1, 0.15) is 11.5 Å². The lowest BCUT2D eigenvalue weighted by atomic mass is 10.2. The summed E-state index contributed by atoms with van der Waals surface area (Å²) < 4.78 is 32.8. The number of carbonyl (C=O) groups excluding carboxylic acids is 1. The van der Waals surface area contributed by atoms with Crippen LogP contribution in [0.3, 0.4) is 0 Å². The Balaban J connectivity index is 1.81. The molecule has 1 fully saturated rings. The molecule has 29 heavy (non-hydrogen) atoms. The molecule has 0 aliphatic carbocycles. The zero-order valence-corrected chi connectivity index (χ0v) is 18.6. The summed E-state index contributed by atoms with van der Waals surface area (Å²) in [5.41, 5.74) is 0.571. The number of esters is 1. The molecule has 0 spiro atoms. The lowest BCUT2D eigenvalue weighted by molar-refractivity contribution is 0.0472. The van der Waals surface area contributed by atoms with E-state index < -0.39 is 16.0 Å². The molecule has 1 aliphatic rings. The van der Waals surface area contributed by atoms with Gasteiger partial charge in [-0.05, 0) is 43.2 Å². The molecule has 0 unspecified atom stereocenters. The first-order valence-corrected chi connectivity index (χ1v) is 11.8. The summed E-state index contributed by atoms with van der Waals surface area (Å²) in [5.74, 6) is -0.690. The Morgan fingerprint density at radius 3 is 2.17 bits per heavy atom. The van der Waals surface area contributed by atoms with E-state index in [1.54, 1.807) is 18.2 Å². The average Bonchev–Trinajstić information content (AvgIpc) is 2.98. The second kappa shape index (κ2) is 9.67. The van der Waals surface area contributed by atoms with E-state index >= 15 is 0 Å². The summed E-state index contributed by atoms with van der Waals surface area (Å²) in [5, 5.41) is 0.830. The molecule has 156 valence electrons. The molecule has 0 saturated carbocycles. The molecule has 9 heteroatoms. The highest BCUT2D eigenvalue weighted by Gasteiger charge is 2.28. The molecule has 1 heterocycles. The summed E-state index contributed by atoms with van der Waals surface area (Å²) in [6.07, 6.45) is 3.60. The summed E-state index contributed by atoms with van der Waals surface area (Å²) in [6, 6.07) is 9.06. The Labute approximate surface area is 185 Å². The van der Waals surface area contributed by atoms with E-state index in [1.165, 1.54) is 22.5 Å². The van der Waals surface area contributed by atoms with E-state index in [2.05, 4.69) is 0 Å². The van der Waals surface area contributed by atoms with Gasteiger partial charge in [0.2, 0.25) is 10.0 Å². The third-order valence-electron chi connectivity index (χ3n) is 4.76. The predicted octanol–water partition coefficient (Wildman–Crippen LogP) is 5.57. The van der Waals surface area contributed by atoms with Crippen LogP contribution in [0.15, 0.2) is 41.3 Å². The van der Waals surface area contributed by atoms with Crippen LogP contribution >= 0.6 is 34.8 Å². The van der Waals surface area contributed by atoms with Crippen LogP contribution in [-0.4, -0.2) is 31.8 Å². The zero-order chi connectivity index (χ0) is 21.0. The van der Waals surface area contributed by atoms with Crippen molar-refractivity contribution in [3.8, 4) is 0 Å². The minimum Gasteiger partial charge on any atom is -0.457 e. The maximum Gasteiger partial charge on any atom is 0.338 e. The third-order valence-corrected chi connectivity index (χ3v) is 7.85. The quantitative estimate of drug-likeness (QED) is 0.529. The van der Waals surface area contributed by atoms with Gasteiger partial charge in [-0.25, -0.2) is 13.2 Å². The molecule has 1 saturated heterocycles. The standard InChI is InChI=1S/C20H20Cl3NO4S/c21-16-6-5-7-17(22)15(16)13-28-20(25)14-8-9-18(23)19(12-14)29(26,27)24-10-3-1-2-4-11-24/h5-9,12H,1-4,10-11,13H2. The van der Waals surface area contributed by atoms with E-state index in [1.807, 2.05) is 0 Å². The first-order valence-electron chi connectivity index (χ1n) is 9.20. The van der Waals surface area contributed by atoms with Crippen molar-refractivity contribution in [2.24, 2.45) is 0 Å². The minimum atomic E-state index is -3.80. The van der Waals surface area contributed by atoms with Gasteiger partial charge in [-0.3, -0.25) is 0 Å². The fraction of sp³-hybridized carbons (Fsp3) is 0.350. The van der Waals surface area contributed by atoms with Crippen molar-refractivity contribution in [3.05, 3.63) is 62.6 Å². The summed E-state index contributed by atoms with van der Waals surface area (Å²) in [7, 11) is -3.80. The van der Waals surface area contributed by atoms with Crippen LogP contribution in [0.2, 0.25) is 15.1 Å². The zero-order valence-electron chi connectivity index (χ0n) is 15.5. The topological polar surface area (TPSA) is 63.7 Å². The Morgan fingerprint density at radius 2 is 1.55 bits per heavy atom. The van der Waals surface area contributed by atoms with E-state index in [9.17, 15) is 13.2 Å². The Morgan fingerprint density at radius 1 is 0.931 bits per heavy atom. The Hall–Kier alpha value is -1.31. The van der Waals surface area contributed by atoms with Gasteiger partial charge in [-0.1, -0.05) is 53.7 Å². The monoisotopic (exact) mass is 475 g/mol. The normalized spacial score (nSPS) is 15.7. The van der Waals surface area contributed by atoms with Crippen molar-refractivity contribution >= 4 is 50.8 Å². The number of hydrogen-bond acceptors (Lipinski definition) is 4. The van der Waals surface area contributed by atoms with Crippen LogP contribution in [-0.2, 0) is 21.4 Å². The molecular weight excluding hydrogens is 457 g/mol. The second-order valence-corrected chi connectivity index (χ2v) is 9.87. The first-order chi connectivity index (χ1) is 13.8. The summed E-state index contributed by atoms with van der Waals surface area (Å²) in [6.45, 7) is 0.755. The summed E-state index contributed by atoms with van der Waals surface area (Å²) >= 11 is 18.3. The number of carbonyl (C=O) groups is 1. The van der Waals surface area contributed by atoms with Crippen LogP contribution in [0.4, 0.5) is 0 Å². The fourth-order valence-corrected chi connectivity index (χ4v) is 5.66. The first kappa shape index (κ1) is 22.4. The maximum atomic E-state index is 13.1. The highest BCUT2D eigenvalue weighted by atomic mass is 35.5. The van der Waals surface area contributed by atoms with Crippen molar-refractivity contribution in [1.29, 1.82) is 0 Å². The molecular formula is C20H20Cl3NO4S. The van der Waals surface area contributed by atoms with Gasteiger partial charge in [-0.2, -0.15) is 4.31 Å². The van der Waals surface area contributed by atoms with Crippen molar-refractivity contribution < 1.29 is 17.9 Å². The number of rotatable bonds is 5. The number of nitrogens with zero attached hydrogens (tertiary/aromatic N) is 1. The van der Waals surface area contributed by atoms with Gasteiger partial charge in [0.25, 0.3) is 0 Å². The molecule has 1 aliphatic heterocycles. The van der Waals surface area contributed by atoms with Crippen LogP contribution in [0, 0.1) is 0 Å². The van der Waals surface area contributed by atoms with Crippen LogP contribution < -0.4 is 0 Å². The molecule has 0 bridgehead atoms. The highest BCUT2D eigenvalue weighted by Crippen LogP contribution is 2.29. The molecule has 0 N–H and O–H groups in total. The number of sulfonamides is 1. The van der Waals surface area contributed by atoms with Crippen molar-refractivity contribution in [2.45, 2.75) is 37.2 Å². The molecule has 3 rings (SSSR count). The molecule has 0 atom stereocenters. The molecule has 0 amide bonds. The molecule has 2 aromatic rings. The van der Waals surface area contributed by atoms with Crippen molar-refractivity contribution in [3.63, 3.8) is 0 Å². The van der Waals surface area contributed by atoms with Gasteiger partial charge in [0.15, 0.2) is 0 Å². The Bertz CT molecular complexity index is 983. The number of hydrogen-bond donors (Lipinski definition) is 0. The van der Waals surface area contributed by atoms with Crippen LogP contribution in [0.5, 0.6) is 0 Å². The van der Waals surface area contributed by atoms with Crippen molar-refractivity contribution in [1.82, 2.24) is 4.31 Å². The minimum absolute atomic E-state index is 0.0694. The summed E-state index contributed by atoms with van der Waals surface area (Å²) in [4.78, 5) is 12.4. The average molecular weight is 477 g/mol. The second-order valence-electron chi connectivity index (χ2n) is 6.74. The number of halogens is 3. The third kappa shape index (κ3) is 5.25. The number of benzene rings is 2. The smallest absolute Gasteiger partial charge is 0.338 e. The predicted molar refractivity (Wildman–Crippen MR) is 114 cm³/mol. The SMILES string of the molecule is O=C(OCc1c(Cl)cccc1Cl)c1ccc(Cl)c(S(=O)(=O)N2CCCCCC2)c1. The molecule has 2 aromatic carbocycles.